The van der Waals surface area contributed by atoms with Crippen LogP contribution in [0.15, 0.2) is 97.1 Å². The molecule has 0 saturated heterocycles. The van der Waals surface area contributed by atoms with Crippen molar-refractivity contribution in [2.75, 3.05) is 0 Å². The van der Waals surface area contributed by atoms with E-state index in [1.54, 1.807) is 12.1 Å². The third kappa shape index (κ3) is 4.95. The van der Waals surface area contributed by atoms with Crippen molar-refractivity contribution in [2.45, 2.75) is 51.4 Å². The molecule has 4 heteroatoms. The largest absolute Gasteiger partial charge is 0.507 e. The lowest BCUT2D eigenvalue weighted by atomic mass is 9.92. The Morgan fingerprint density at radius 3 is 1.27 bits per heavy atom. The van der Waals surface area contributed by atoms with Gasteiger partial charge in [-0.1, -0.05) is 98.8 Å². The first-order valence-electron chi connectivity index (χ1n) is 13.8. The Balaban J connectivity index is 0.000000161. The molecule has 0 bridgehead atoms. The van der Waals surface area contributed by atoms with E-state index in [0.29, 0.717) is 11.1 Å². The molecule has 4 atom stereocenters. The molecule has 204 valence electrons. The standard InChI is InChI=1S/2C18H18O2/c2*1-12-7-6-10-14(16(12)19)17(20)15-11-18(15,2)13-8-4-3-5-9-13/h2*3-10,15,19H,11H2,1-2H3/t2*15-,18+/m11/s1. The summed E-state index contributed by atoms with van der Waals surface area (Å²) in [6, 6.07) is 31.0. The van der Waals surface area contributed by atoms with Crippen molar-refractivity contribution in [3.63, 3.8) is 0 Å². The number of phenolic OH excluding ortho intramolecular Hbond substituents is 2. The molecule has 0 spiro atoms. The quantitative estimate of drug-likeness (QED) is 0.249. The van der Waals surface area contributed by atoms with Gasteiger partial charge < -0.3 is 10.2 Å². The molecular weight excluding hydrogens is 496 g/mol. The van der Waals surface area contributed by atoms with E-state index in [9.17, 15) is 19.8 Å². The zero-order chi connectivity index (χ0) is 28.7. The molecule has 2 N–H and O–H groups in total. The topological polar surface area (TPSA) is 74.6 Å². The second kappa shape index (κ2) is 10.4. The summed E-state index contributed by atoms with van der Waals surface area (Å²) in [4.78, 5) is 25.2. The minimum atomic E-state index is -0.0888. The van der Waals surface area contributed by atoms with Gasteiger partial charge >= 0.3 is 0 Å². The van der Waals surface area contributed by atoms with Gasteiger partial charge in [-0.05, 0) is 61.1 Å². The van der Waals surface area contributed by atoms with Gasteiger partial charge in [-0.25, -0.2) is 0 Å². The van der Waals surface area contributed by atoms with E-state index in [1.165, 1.54) is 11.1 Å². The summed E-state index contributed by atoms with van der Waals surface area (Å²) in [5.74, 6) is 0.296. The number of carbonyl (C=O) groups excluding carboxylic acids is 2. The van der Waals surface area contributed by atoms with Gasteiger partial charge in [-0.3, -0.25) is 9.59 Å². The van der Waals surface area contributed by atoms with E-state index >= 15 is 0 Å². The van der Waals surface area contributed by atoms with E-state index in [2.05, 4.69) is 38.1 Å². The minimum absolute atomic E-state index is 0.0300. The summed E-state index contributed by atoms with van der Waals surface area (Å²) in [5.41, 5.74) is 4.62. The normalized spacial score (nSPS) is 24.4. The van der Waals surface area contributed by atoms with Crippen LogP contribution in [-0.2, 0) is 10.8 Å². The lowest BCUT2D eigenvalue weighted by molar-refractivity contribution is 0.0947. The van der Waals surface area contributed by atoms with Crippen LogP contribution in [-0.4, -0.2) is 21.8 Å². The SMILES string of the molecule is Cc1cccc(C(=O)[C@H]2C[C@@]2(C)c2ccccc2)c1O.Cc1cccc(C(=O)[C@H]2C[C@@]2(C)c2ccccc2)c1O. The number of aromatic hydroxyl groups is 2. The van der Waals surface area contributed by atoms with Crippen molar-refractivity contribution in [3.05, 3.63) is 130 Å². The van der Waals surface area contributed by atoms with Crippen LogP contribution in [0.2, 0.25) is 0 Å². The third-order valence-electron chi connectivity index (χ3n) is 8.98. The number of ketones is 2. The average Bonchev–Trinajstić information content (AvgIpc) is 3.87. The molecule has 2 saturated carbocycles. The second-order valence-corrected chi connectivity index (χ2v) is 11.8. The summed E-state index contributed by atoms with van der Waals surface area (Å²) in [5, 5.41) is 20.1. The van der Waals surface area contributed by atoms with Crippen molar-refractivity contribution in [1.82, 2.24) is 0 Å². The number of hydrogen-bond donors (Lipinski definition) is 2. The Bertz CT molecular complexity index is 1440. The zero-order valence-electron chi connectivity index (χ0n) is 23.5. The van der Waals surface area contributed by atoms with E-state index in [0.717, 1.165) is 24.0 Å². The molecule has 2 fully saturated rings. The summed E-state index contributed by atoms with van der Waals surface area (Å²) >= 11 is 0. The van der Waals surface area contributed by atoms with Gasteiger partial charge in [0.1, 0.15) is 11.5 Å². The maximum absolute atomic E-state index is 12.6. The number of hydrogen-bond acceptors (Lipinski definition) is 4. The van der Waals surface area contributed by atoms with Crippen LogP contribution >= 0.6 is 0 Å². The number of rotatable bonds is 6. The fraction of sp³-hybridized carbons (Fsp3) is 0.278. The first-order valence-corrected chi connectivity index (χ1v) is 13.8. The molecule has 4 aromatic carbocycles. The Morgan fingerprint density at radius 2 is 0.925 bits per heavy atom. The predicted molar refractivity (Wildman–Crippen MR) is 158 cm³/mol. The van der Waals surface area contributed by atoms with Gasteiger partial charge in [-0.15, -0.1) is 0 Å². The molecule has 0 aromatic heterocycles. The number of benzene rings is 4. The lowest BCUT2D eigenvalue weighted by Gasteiger charge is -2.12. The van der Waals surface area contributed by atoms with E-state index in [1.807, 2.05) is 74.5 Å². The first kappa shape index (κ1) is 27.4. The van der Waals surface area contributed by atoms with Crippen LogP contribution in [0.5, 0.6) is 11.5 Å². The van der Waals surface area contributed by atoms with E-state index in [-0.39, 0.29) is 45.7 Å². The van der Waals surface area contributed by atoms with Gasteiger partial charge in [0.25, 0.3) is 0 Å². The molecule has 4 aromatic rings. The highest BCUT2D eigenvalue weighted by Gasteiger charge is 2.56. The Hall–Kier alpha value is -4.18. The molecule has 0 aliphatic heterocycles. The summed E-state index contributed by atoms with van der Waals surface area (Å²) in [7, 11) is 0. The van der Waals surface area contributed by atoms with Gasteiger partial charge in [0, 0.05) is 22.7 Å². The fourth-order valence-electron chi connectivity index (χ4n) is 5.86. The highest BCUT2D eigenvalue weighted by atomic mass is 16.3. The first-order chi connectivity index (χ1) is 19.1. The highest BCUT2D eigenvalue weighted by Crippen LogP contribution is 2.56. The van der Waals surface area contributed by atoms with Crippen LogP contribution in [0, 0.1) is 25.7 Å². The number of aryl methyl sites for hydroxylation is 2. The van der Waals surface area contributed by atoms with Crippen molar-refractivity contribution >= 4 is 11.6 Å². The van der Waals surface area contributed by atoms with Crippen LogP contribution < -0.4 is 0 Å². The zero-order valence-corrected chi connectivity index (χ0v) is 23.5. The van der Waals surface area contributed by atoms with E-state index in [4.69, 9.17) is 0 Å². The maximum Gasteiger partial charge on any atom is 0.170 e. The van der Waals surface area contributed by atoms with Gasteiger partial charge in [0.15, 0.2) is 11.6 Å². The Kier molecular flexibility index (Phi) is 7.14. The van der Waals surface area contributed by atoms with Gasteiger partial charge in [-0.2, -0.15) is 0 Å². The van der Waals surface area contributed by atoms with Crippen molar-refractivity contribution in [2.24, 2.45) is 11.8 Å². The molecule has 40 heavy (non-hydrogen) atoms. The second-order valence-electron chi connectivity index (χ2n) is 11.8. The van der Waals surface area contributed by atoms with Crippen LogP contribution in [0.4, 0.5) is 0 Å². The minimum Gasteiger partial charge on any atom is -0.507 e. The fourth-order valence-corrected chi connectivity index (χ4v) is 5.86. The van der Waals surface area contributed by atoms with E-state index < -0.39 is 0 Å². The molecule has 2 aliphatic rings. The van der Waals surface area contributed by atoms with Crippen molar-refractivity contribution in [3.8, 4) is 11.5 Å². The summed E-state index contributed by atoms with van der Waals surface area (Å²) in [6.07, 6.45) is 1.70. The monoisotopic (exact) mass is 532 g/mol. The summed E-state index contributed by atoms with van der Waals surface area (Å²) in [6.45, 7) is 7.88. The van der Waals surface area contributed by atoms with Gasteiger partial charge in [0.05, 0.1) is 11.1 Å². The van der Waals surface area contributed by atoms with Gasteiger partial charge in [0.2, 0.25) is 0 Å². The average molecular weight is 533 g/mol. The highest BCUT2D eigenvalue weighted by molar-refractivity contribution is 6.04. The maximum atomic E-state index is 12.6. The number of para-hydroxylation sites is 2. The predicted octanol–water partition coefficient (Wildman–Crippen LogP) is 7.72. The molecule has 6 rings (SSSR count). The molecule has 0 unspecified atom stereocenters. The van der Waals surface area contributed by atoms with Crippen molar-refractivity contribution < 1.29 is 19.8 Å². The van der Waals surface area contributed by atoms with Crippen LogP contribution in [0.3, 0.4) is 0 Å². The van der Waals surface area contributed by atoms with Crippen LogP contribution in [0.25, 0.3) is 0 Å². The van der Waals surface area contributed by atoms with Crippen LogP contribution in [0.1, 0.15) is 69.7 Å². The smallest absolute Gasteiger partial charge is 0.170 e. The van der Waals surface area contributed by atoms with Crippen molar-refractivity contribution in [1.29, 1.82) is 0 Å². The molecule has 2 aliphatic carbocycles. The number of Topliss-reactive ketones (excluding diaryl/α,β-unsaturated/α-hetero) is 2. The summed E-state index contributed by atoms with van der Waals surface area (Å²) < 4.78 is 0. The number of carbonyl (C=O) groups is 2. The molecular formula is C36H36O4. The number of phenols is 2. The molecule has 0 amide bonds. The third-order valence-corrected chi connectivity index (χ3v) is 8.98. The Morgan fingerprint density at radius 1 is 0.575 bits per heavy atom. The molecule has 0 radical (unpaired) electrons. The molecule has 4 nitrogen and oxygen atoms in total. The molecule has 0 heterocycles. The lowest BCUT2D eigenvalue weighted by Crippen LogP contribution is -2.12. The Labute approximate surface area is 236 Å².